The molecule has 3 rings (SSSR count). The summed E-state index contributed by atoms with van der Waals surface area (Å²) >= 11 is 12.6. The number of hydrogen-bond acceptors (Lipinski definition) is 5. The smallest absolute Gasteiger partial charge is 0.407 e. The lowest BCUT2D eigenvalue weighted by Crippen LogP contribution is -2.32. The van der Waals surface area contributed by atoms with E-state index in [9.17, 15) is 14.4 Å². The molecule has 10 heteroatoms. The molecule has 0 radical (unpaired) electrons. The van der Waals surface area contributed by atoms with E-state index >= 15 is 0 Å². The van der Waals surface area contributed by atoms with Gasteiger partial charge in [-0.3, -0.25) is 9.59 Å². The second-order valence-corrected chi connectivity index (χ2v) is 9.26. The van der Waals surface area contributed by atoms with Gasteiger partial charge in [-0.05, 0) is 45.4 Å². The number of nitrogens with zero attached hydrogens (tertiary/aromatic N) is 2. The summed E-state index contributed by atoms with van der Waals surface area (Å²) in [6.45, 7) is 6.67. The highest BCUT2D eigenvalue weighted by Crippen LogP contribution is 2.40. The summed E-state index contributed by atoms with van der Waals surface area (Å²) in [4.78, 5) is 41.9. The third-order valence-corrected chi connectivity index (χ3v) is 5.33. The average molecular weight is 480 g/mol. The molecule has 1 aliphatic heterocycles. The fourth-order valence-corrected chi connectivity index (χ4v) is 4.03. The first-order valence-corrected chi connectivity index (χ1v) is 10.6. The van der Waals surface area contributed by atoms with Gasteiger partial charge in [-0.1, -0.05) is 29.3 Å². The van der Waals surface area contributed by atoms with Gasteiger partial charge in [0.15, 0.2) is 0 Å². The number of nitrogens with one attached hydrogen (secondary N) is 1. The van der Waals surface area contributed by atoms with E-state index in [1.165, 1.54) is 4.90 Å². The van der Waals surface area contributed by atoms with Gasteiger partial charge in [0.2, 0.25) is 0 Å². The molecule has 0 fully saturated rings. The van der Waals surface area contributed by atoms with Crippen molar-refractivity contribution in [2.75, 3.05) is 6.54 Å². The summed E-state index contributed by atoms with van der Waals surface area (Å²) < 4.78 is 5.31. The predicted molar refractivity (Wildman–Crippen MR) is 120 cm³/mol. The number of hydrogen-bond donors (Lipinski definition) is 2. The zero-order valence-electron chi connectivity index (χ0n) is 18.1. The Kier molecular flexibility index (Phi) is 6.67. The second-order valence-electron chi connectivity index (χ2n) is 8.41. The Bertz CT molecular complexity index is 1110. The van der Waals surface area contributed by atoms with Crippen molar-refractivity contribution in [1.82, 2.24) is 15.2 Å². The van der Waals surface area contributed by atoms with Crippen LogP contribution >= 0.6 is 23.2 Å². The lowest BCUT2D eigenvalue weighted by molar-refractivity contribution is -0.137. The molecule has 1 aromatic heterocycles. The quantitative estimate of drug-likeness (QED) is 0.656. The number of carbonyl (C=O) groups excluding carboxylic acids is 2. The Hall–Kier alpha value is -2.84. The number of amides is 2. The van der Waals surface area contributed by atoms with Gasteiger partial charge in [-0.15, -0.1) is 0 Å². The number of aromatic nitrogens is 1. The molecule has 32 heavy (non-hydrogen) atoms. The number of carboxylic acids is 1. The molecular formula is C22H23Cl2N3O5. The number of rotatable bonds is 5. The molecule has 2 aromatic rings. The van der Waals surface area contributed by atoms with Crippen LogP contribution in [0.25, 0.3) is 11.1 Å². The lowest BCUT2D eigenvalue weighted by Gasteiger charge is -2.21. The van der Waals surface area contributed by atoms with E-state index in [2.05, 4.69) is 10.3 Å². The monoisotopic (exact) mass is 479 g/mol. The second kappa shape index (κ2) is 8.96. The number of halogens is 2. The summed E-state index contributed by atoms with van der Waals surface area (Å²) in [5.41, 5.74) is 2.42. The van der Waals surface area contributed by atoms with Crippen LogP contribution in [0.2, 0.25) is 10.0 Å². The molecule has 0 saturated carbocycles. The minimum absolute atomic E-state index is 0.0570. The first kappa shape index (κ1) is 23.8. The van der Waals surface area contributed by atoms with Crippen LogP contribution in [0.4, 0.5) is 4.79 Å². The molecule has 2 heterocycles. The van der Waals surface area contributed by atoms with Crippen molar-refractivity contribution in [1.29, 1.82) is 0 Å². The Balaban J connectivity index is 2.11. The number of aryl methyl sites for hydroxylation is 1. The zero-order valence-corrected chi connectivity index (χ0v) is 19.6. The first-order valence-electron chi connectivity index (χ1n) is 9.83. The van der Waals surface area contributed by atoms with Crippen LogP contribution in [-0.2, 0) is 22.6 Å². The lowest BCUT2D eigenvalue weighted by atomic mass is 9.93. The van der Waals surface area contributed by atoms with E-state index in [4.69, 9.17) is 33.0 Å². The highest BCUT2D eigenvalue weighted by molar-refractivity contribution is 6.36. The van der Waals surface area contributed by atoms with Crippen LogP contribution in [0.15, 0.2) is 18.2 Å². The van der Waals surface area contributed by atoms with Crippen LogP contribution < -0.4 is 5.32 Å². The molecule has 2 amide bonds. The van der Waals surface area contributed by atoms with Crippen molar-refractivity contribution in [3.8, 4) is 11.1 Å². The van der Waals surface area contributed by atoms with Crippen molar-refractivity contribution in [3.63, 3.8) is 0 Å². The fraction of sp³-hybridized carbons (Fsp3) is 0.364. The minimum atomic E-state index is -1.12. The summed E-state index contributed by atoms with van der Waals surface area (Å²) in [7, 11) is 0. The Morgan fingerprint density at radius 2 is 1.97 bits per heavy atom. The minimum Gasteiger partial charge on any atom is -0.480 e. The highest BCUT2D eigenvalue weighted by Gasteiger charge is 2.35. The van der Waals surface area contributed by atoms with E-state index in [-0.39, 0.29) is 18.8 Å². The summed E-state index contributed by atoms with van der Waals surface area (Å²) in [6, 6.07) is 4.97. The van der Waals surface area contributed by atoms with Gasteiger partial charge in [0.1, 0.15) is 17.8 Å². The molecular weight excluding hydrogens is 457 g/mol. The average Bonchev–Trinajstić information content (AvgIpc) is 2.94. The molecule has 2 N–H and O–H groups in total. The molecule has 0 unspecified atom stereocenters. The van der Waals surface area contributed by atoms with Gasteiger partial charge in [0.05, 0.1) is 0 Å². The Morgan fingerprint density at radius 3 is 2.56 bits per heavy atom. The summed E-state index contributed by atoms with van der Waals surface area (Å²) in [5, 5.41) is 12.7. The van der Waals surface area contributed by atoms with Gasteiger partial charge >= 0.3 is 12.1 Å². The van der Waals surface area contributed by atoms with Gasteiger partial charge in [0.25, 0.3) is 5.91 Å². The largest absolute Gasteiger partial charge is 0.480 e. The van der Waals surface area contributed by atoms with Gasteiger partial charge in [-0.2, -0.15) is 0 Å². The summed E-state index contributed by atoms with van der Waals surface area (Å²) in [5.74, 6) is -1.59. The number of alkyl carbamates (subject to hydrolysis) is 1. The van der Waals surface area contributed by atoms with Crippen LogP contribution in [0.1, 0.15) is 48.1 Å². The number of carboxylic acid groups (broad SMARTS) is 1. The molecule has 0 atom stereocenters. The van der Waals surface area contributed by atoms with Gasteiger partial charge in [-0.25, -0.2) is 9.78 Å². The standard InChI is InChI=1S/C22H23Cl2N3O5/c1-11-14(8-25-21(31)32-22(2,3)4)18(13-6-5-12(23)7-16(13)24)15-9-27(10-17(28)29)20(30)19(15)26-11/h5-7H,8-10H2,1-4H3,(H,25,31)(H,28,29). The van der Waals surface area contributed by atoms with Crippen LogP contribution in [-0.4, -0.2) is 45.1 Å². The number of benzene rings is 1. The van der Waals surface area contributed by atoms with Crippen molar-refractivity contribution in [2.24, 2.45) is 0 Å². The maximum absolute atomic E-state index is 12.8. The van der Waals surface area contributed by atoms with Crippen molar-refractivity contribution < 1.29 is 24.2 Å². The molecule has 1 aliphatic rings. The Morgan fingerprint density at radius 1 is 1.28 bits per heavy atom. The topological polar surface area (TPSA) is 109 Å². The predicted octanol–water partition coefficient (Wildman–Crippen LogP) is 4.43. The van der Waals surface area contributed by atoms with Crippen molar-refractivity contribution in [3.05, 3.63) is 50.8 Å². The molecule has 0 saturated heterocycles. The van der Waals surface area contributed by atoms with Gasteiger partial charge in [0, 0.05) is 45.5 Å². The zero-order chi connectivity index (χ0) is 23.8. The van der Waals surface area contributed by atoms with E-state index in [0.717, 1.165) is 0 Å². The third-order valence-electron chi connectivity index (χ3n) is 4.78. The van der Waals surface area contributed by atoms with Crippen LogP contribution in [0.3, 0.4) is 0 Å². The number of pyridine rings is 1. The molecule has 0 aliphatic carbocycles. The van der Waals surface area contributed by atoms with E-state index in [0.29, 0.717) is 38.0 Å². The number of ether oxygens (including phenoxy) is 1. The molecule has 0 bridgehead atoms. The maximum Gasteiger partial charge on any atom is 0.407 e. The highest BCUT2D eigenvalue weighted by atomic mass is 35.5. The van der Waals surface area contributed by atoms with E-state index in [1.807, 2.05) is 0 Å². The Labute approximate surface area is 195 Å². The maximum atomic E-state index is 12.8. The van der Waals surface area contributed by atoms with Crippen LogP contribution in [0, 0.1) is 6.92 Å². The molecule has 1 aromatic carbocycles. The number of carbonyl (C=O) groups is 3. The normalized spacial score (nSPS) is 13.2. The van der Waals surface area contributed by atoms with Crippen molar-refractivity contribution in [2.45, 2.75) is 46.4 Å². The molecule has 0 spiro atoms. The fourth-order valence-electron chi connectivity index (χ4n) is 3.53. The first-order chi connectivity index (χ1) is 14.9. The number of fused-ring (bicyclic) bond motifs is 1. The SMILES string of the molecule is Cc1nc2c(c(-c3ccc(Cl)cc3Cl)c1CNC(=O)OC(C)(C)C)CN(CC(=O)O)C2=O. The third kappa shape index (κ3) is 5.14. The number of aliphatic carboxylic acids is 1. The van der Waals surface area contributed by atoms with Crippen molar-refractivity contribution >= 4 is 41.2 Å². The van der Waals surface area contributed by atoms with E-state index < -0.39 is 30.1 Å². The molecule has 8 nitrogen and oxygen atoms in total. The van der Waals surface area contributed by atoms with Crippen LogP contribution in [0.5, 0.6) is 0 Å². The van der Waals surface area contributed by atoms with E-state index in [1.54, 1.807) is 45.9 Å². The van der Waals surface area contributed by atoms with Gasteiger partial charge < -0.3 is 20.1 Å². The molecule has 170 valence electrons. The summed E-state index contributed by atoms with van der Waals surface area (Å²) in [6.07, 6.45) is -0.603.